The molecule has 3 aromatic rings. The molecule has 0 aromatic heterocycles. The van der Waals surface area contributed by atoms with E-state index in [-0.39, 0.29) is 34.5 Å². The first-order valence-electron chi connectivity index (χ1n) is 13.9. The third-order valence-electron chi connectivity index (χ3n) is 7.11. The minimum Gasteiger partial charge on any atom is -0.495 e. The van der Waals surface area contributed by atoms with Crippen LogP contribution in [0.3, 0.4) is 0 Å². The SMILES string of the molecule is COc1ccc(Cl)cc1N(CC(=O)N(Cc1ccccc1C)C(C)C(=O)NCC(C)C)S(=O)(=O)c1ccc(C)c([N+](=O)[O-])c1. The molecule has 236 valence electrons. The number of aryl methyl sites for hydroxylation is 2. The van der Waals surface area contributed by atoms with Crippen molar-refractivity contribution in [3.05, 3.63) is 92.5 Å². The van der Waals surface area contributed by atoms with Gasteiger partial charge in [0, 0.05) is 29.7 Å². The molecular formula is C31H37ClN4O7S. The van der Waals surface area contributed by atoms with Crippen LogP contribution in [0.15, 0.2) is 65.6 Å². The first kappa shape index (κ1) is 34.3. The smallest absolute Gasteiger partial charge is 0.273 e. The molecule has 3 rings (SSSR count). The molecule has 1 atom stereocenters. The summed E-state index contributed by atoms with van der Waals surface area (Å²) in [5, 5.41) is 14.7. The zero-order chi connectivity index (χ0) is 32.8. The monoisotopic (exact) mass is 644 g/mol. The van der Waals surface area contributed by atoms with Crippen LogP contribution in [-0.2, 0) is 26.2 Å². The molecule has 1 unspecified atom stereocenters. The van der Waals surface area contributed by atoms with Gasteiger partial charge in [0.1, 0.15) is 18.3 Å². The minimum atomic E-state index is -4.61. The van der Waals surface area contributed by atoms with Crippen molar-refractivity contribution in [3.8, 4) is 5.75 Å². The third kappa shape index (κ3) is 8.06. The molecule has 11 nitrogen and oxygen atoms in total. The second-order valence-electron chi connectivity index (χ2n) is 10.8. The van der Waals surface area contributed by atoms with E-state index in [1.54, 1.807) is 6.92 Å². The molecule has 0 radical (unpaired) electrons. The van der Waals surface area contributed by atoms with E-state index in [4.69, 9.17) is 16.3 Å². The molecule has 3 aromatic carbocycles. The Morgan fingerprint density at radius 1 is 1.02 bits per heavy atom. The minimum absolute atomic E-state index is 0.0261. The zero-order valence-electron chi connectivity index (χ0n) is 25.5. The van der Waals surface area contributed by atoms with Gasteiger partial charge in [0.05, 0.1) is 22.6 Å². The number of sulfonamides is 1. The van der Waals surface area contributed by atoms with Crippen molar-refractivity contribution in [3.63, 3.8) is 0 Å². The Labute approximate surface area is 263 Å². The average molecular weight is 645 g/mol. The summed E-state index contributed by atoms with van der Waals surface area (Å²) in [5.74, 6) is -0.820. The van der Waals surface area contributed by atoms with E-state index in [9.17, 15) is 28.1 Å². The van der Waals surface area contributed by atoms with Gasteiger partial charge >= 0.3 is 0 Å². The maximum atomic E-state index is 14.2. The van der Waals surface area contributed by atoms with Crippen molar-refractivity contribution < 1.29 is 27.7 Å². The van der Waals surface area contributed by atoms with Gasteiger partial charge < -0.3 is 15.0 Å². The summed E-state index contributed by atoms with van der Waals surface area (Å²) < 4.78 is 34.6. The number of amides is 2. The summed E-state index contributed by atoms with van der Waals surface area (Å²) >= 11 is 6.26. The predicted molar refractivity (Wildman–Crippen MR) is 169 cm³/mol. The lowest BCUT2D eigenvalue weighted by atomic mass is 10.1. The van der Waals surface area contributed by atoms with Gasteiger partial charge in [-0.1, -0.05) is 55.8 Å². The van der Waals surface area contributed by atoms with E-state index in [1.807, 2.05) is 45.0 Å². The number of hydrogen-bond acceptors (Lipinski definition) is 7. The Bertz CT molecular complexity index is 1650. The third-order valence-corrected chi connectivity index (χ3v) is 9.10. The summed E-state index contributed by atoms with van der Waals surface area (Å²) in [7, 11) is -3.28. The summed E-state index contributed by atoms with van der Waals surface area (Å²) in [4.78, 5) is 39.2. The van der Waals surface area contributed by atoms with Crippen LogP contribution in [-0.4, -0.2) is 56.3 Å². The summed E-state index contributed by atoms with van der Waals surface area (Å²) in [6.45, 7) is 8.49. The van der Waals surface area contributed by atoms with Gasteiger partial charge in [-0.3, -0.25) is 24.0 Å². The average Bonchev–Trinajstić information content (AvgIpc) is 2.97. The second kappa shape index (κ2) is 14.5. The second-order valence-corrected chi connectivity index (χ2v) is 13.1. The lowest BCUT2D eigenvalue weighted by Crippen LogP contribution is -2.51. The fraction of sp³-hybridized carbons (Fsp3) is 0.355. The highest BCUT2D eigenvalue weighted by molar-refractivity contribution is 7.92. The number of carbonyl (C=O) groups excluding carboxylic acids is 2. The quantitative estimate of drug-likeness (QED) is 0.198. The van der Waals surface area contributed by atoms with Crippen molar-refractivity contribution >= 4 is 44.8 Å². The Morgan fingerprint density at radius 3 is 2.32 bits per heavy atom. The number of anilines is 1. The largest absolute Gasteiger partial charge is 0.495 e. The lowest BCUT2D eigenvalue weighted by Gasteiger charge is -2.32. The van der Waals surface area contributed by atoms with Crippen LogP contribution in [0.25, 0.3) is 0 Å². The molecule has 2 amide bonds. The summed E-state index contributed by atoms with van der Waals surface area (Å²) in [6, 6.07) is 14.2. The highest BCUT2D eigenvalue weighted by Gasteiger charge is 2.35. The van der Waals surface area contributed by atoms with Crippen LogP contribution >= 0.6 is 11.6 Å². The molecule has 44 heavy (non-hydrogen) atoms. The van der Waals surface area contributed by atoms with Crippen molar-refractivity contribution in [1.82, 2.24) is 10.2 Å². The molecule has 0 aliphatic heterocycles. The maximum Gasteiger partial charge on any atom is 0.273 e. The van der Waals surface area contributed by atoms with Gasteiger partial charge in [-0.05, 0) is 62.1 Å². The topological polar surface area (TPSA) is 139 Å². The molecule has 1 N–H and O–H groups in total. The molecule has 13 heteroatoms. The number of nitrogens with one attached hydrogen (secondary N) is 1. The van der Waals surface area contributed by atoms with E-state index >= 15 is 0 Å². The highest BCUT2D eigenvalue weighted by Crippen LogP contribution is 2.36. The molecule has 0 saturated carbocycles. The Hall–Kier alpha value is -4.16. The van der Waals surface area contributed by atoms with Gasteiger partial charge in [-0.2, -0.15) is 0 Å². The number of hydrogen-bond donors (Lipinski definition) is 1. The number of nitro groups is 1. The van der Waals surface area contributed by atoms with Crippen molar-refractivity contribution in [2.45, 2.75) is 52.1 Å². The number of nitrogens with zero attached hydrogens (tertiary/aromatic N) is 3. The maximum absolute atomic E-state index is 14.2. The van der Waals surface area contributed by atoms with E-state index in [1.165, 1.54) is 49.3 Å². The molecule has 0 bridgehead atoms. The van der Waals surface area contributed by atoms with Crippen LogP contribution in [0.5, 0.6) is 5.75 Å². The van der Waals surface area contributed by atoms with Crippen LogP contribution in [0.1, 0.15) is 37.5 Å². The number of carbonyl (C=O) groups is 2. The number of rotatable bonds is 13. The number of benzene rings is 3. The van der Waals surface area contributed by atoms with E-state index in [0.29, 0.717) is 6.54 Å². The van der Waals surface area contributed by atoms with Crippen molar-refractivity contribution in [2.24, 2.45) is 5.92 Å². The van der Waals surface area contributed by atoms with Gasteiger partial charge in [-0.15, -0.1) is 0 Å². The first-order chi connectivity index (χ1) is 20.7. The Morgan fingerprint density at radius 2 is 1.70 bits per heavy atom. The fourth-order valence-electron chi connectivity index (χ4n) is 4.45. The summed E-state index contributed by atoms with van der Waals surface area (Å²) in [5.41, 5.74) is 1.47. The van der Waals surface area contributed by atoms with Gasteiger partial charge in [0.15, 0.2) is 0 Å². The lowest BCUT2D eigenvalue weighted by molar-refractivity contribution is -0.385. The van der Waals surface area contributed by atoms with Crippen molar-refractivity contribution in [2.75, 3.05) is 24.5 Å². The zero-order valence-corrected chi connectivity index (χ0v) is 27.1. The molecule has 0 aliphatic carbocycles. The highest BCUT2D eigenvalue weighted by atomic mass is 35.5. The molecule has 0 heterocycles. The molecular weight excluding hydrogens is 608 g/mol. The van der Waals surface area contributed by atoms with E-state index < -0.39 is 49.9 Å². The Balaban J connectivity index is 2.16. The standard InChI is InChI=1S/C31H37ClN4O7S/c1-20(2)17-33-31(38)23(5)34(18-24-10-8-7-9-21(24)3)30(37)19-35(28-15-25(32)12-14-29(28)43-6)44(41,42)26-13-11-22(4)27(16-26)36(39)40/h7-16,20,23H,17-19H2,1-6H3,(H,33,38). The molecule has 0 aliphatic rings. The van der Waals surface area contributed by atoms with Crippen LogP contribution < -0.4 is 14.4 Å². The number of methoxy groups -OCH3 is 1. The fourth-order valence-corrected chi connectivity index (χ4v) is 6.05. The number of ether oxygens (including phenoxy) is 1. The van der Waals surface area contributed by atoms with Gasteiger partial charge in [-0.25, -0.2) is 8.42 Å². The van der Waals surface area contributed by atoms with Crippen LogP contribution in [0.2, 0.25) is 5.02 Å². The number of halogens is 1. The molecule has 0 fully saturated rings. The van der Waals surface area contributed by atoms with Crippen LogP contribution in [0.4, 0.5) is 11.4 Å². The van der Waals surface area contributed by atoms with Crippen LogP contribution in [0, 0.1) is 29.9 Å². The molecule has 0 spiro atoms. The Kier molecular flexibility index (Phi) is 11.3. The first-order valence-corrected chi connectivity index (χ1v) is 15.7. The van der Waals surface area contributed by atoms with E-state index in [2.05, 4.69) is 5.32 Å². The normalized spacial score (nSPS) is 12.0. The number of nitro benzene ring substituents is 1. The van der Waals surface area contributed by atoms with Gasteiger partial charge in [0.25, 0.3) is 15.7 Å². The van der Waals surface area contributed by atoms with E-state index in [0.717, 1.165) is 21.5 Å². The van der Waals surface area contributed by atoms with Crippen molar-refractivity contribution in [1.29, 1.82) is 0 Å². The van der Waals surface area contributed by atoms with Gasteiger partial charge in [0.2, 0.25) is 11.8 Å². The summed E-state index contributed by atoms with van der Waals surface area (Å²) in [6.07, 6.45) is 0. The predicted octanol–water partition coefficient (Wildman–Crippen LogP) is 5.26. The molecule has 0 saturated heterocycles.